The number of carbonyl (C=O) groups is 2. The van der Waals surface area contributed by atoms with Crippen molar-refractivity contribution in [3.63, 3.8) is 0 Å². The van der Waals surface area contributed by atoms with Gasteiger partial charge in [0.2, 0.25) is 0 Å². The van der Waals surface area contributed by atoms with Gasteiger partial charge in [-0.05, 0) is 51.4 Å². The molecule has 20 heavy (non-hydrogen) atoms. The van der Waals surface area contributed by atoms with Crippen molar-refractivity contribution in [3.8, 4) is 0 Å². The van der Waals surface area contributed by atoms with E-state index in [0.717, 1.165) is 38.0 Å². The molecule has 0 radical (unpaired) electrons. The zero-order valence-corrected chi connectivity index (χ0v) is 12.5. The number of rotatable bonds is 3. The summed E-state index contributed by atoms with van der Waals surface area (Å²) < 4.78 is 0. The molecule has 5 nitrogen and oxygen atoms in total. The molecule has 1 atom stereocenters. The number of carbonyl (C=O) groups excluding carboxylic acids is 1. The molecule has 0 aromatic rings. The number of aliphatic carboxylic acids is 1. The fourth-order valence-electron chi connectivity index (χ4n) is 3.48. The third-order valence-corrected chi connectivity index (χ3v) is 5.10. The van der Waals surface area contributed by atoms with Gasteiger partial charge in [-0.25, -0.2) is 9.59 Å². The number of carboxylic acids is 1. The molecule has 1 saturated carbocycles. The Balaban J connectivity index is 1.90. The molecule has 2 aliphatic rings. The van der Waals surface area contributed by atoms with Crippen LogP contribution in [0.5, 0.6) is 0 Å². The monoisotopic (exact) mass is 282 g/mol. The second-order valence-electron chi connectivity index (χ2n) is 6.41. The minimum atomic E-state index is -1.04. The van der Waals surface area contributed by atoms with E-state index >= 15 is 0 Å². The number of likely N-dealkylation sites (tertiary alicyclic amines) is 1. The van der Waals surface area contributed by atoms with E-state index in [1.165, 1.54) is 11.3 Å². The SMILES string of the molecule is CCC1CCC(NC(=O)N2CCCC2(C)C(=O)O)CC1. The molecule has 114 valence electrons. The number of hydrogen-bond acceptors (Lipinski definition) is 2. The summed E-state index contributed by atoms with van der Waals surface area (Å²) in [4.78, 5) is 25.2. The lowest BCUT2D eigenvalue weighted by molar-refractivity contribution is -0.147. The predicted octanol–water partition coefficient (Wildman–Crippen LogP) is 2.60. The van der Waals surface area contributed by atoms with E-state index in [0.29, 0.717) is 13.0 Å². The first-order chi connectivity index (χ1) is 9.47. The average molecular weight is 282 g/mol. The Morgan fingerprint density at radius 3 is 2.50 bits per heavy atom. The molecule has 2 amide bonds. The molecular weight excluding hydrogens is 256 g/mol. The first-order valence-corrected chi connectivity index (χ1v) is 7.79. The molecule has 5 heteroatoms. The fraction of sp³-hybridized carbons (Fsp3) is 0.867. The first kappa shape index (κ1) is 15.1. The van der Waals surface area contributed by atoms with E-state index in [2.05, 4.69) is 12.2 Å². The molecule has 0 bridgehead atoms. The summed E-state index contributed by atoms with van der Waals surface area (Å²) in [5, 5.41) is 12.4. The van der Waals surface area contributed by atoms with Crippen LogP contribution in [0.4, 0.5) is 4.79 Å². The smallest absolute Gasteiger partial charge is 0.329 e. The number of amides is 2. The lowest BCUT2D eigenvalue weighted by atomic mass is 9.84. The maximum absolute atomic E-state index is 12.3. The normalized spacial score (nSPS) is 34.0. The van der Waals surface area contributed by atoms with E-state index in [1.807, 2.05) is 0 Å². The van der Waals surface area contributed by atoms with E-state index in [1.54, 1.807) is 6.92 Å². The van der Waals surface area contributed by atoms with Crippen LogP contribution in [0, 0.1) is 5.92 Å². The Bertz CT molecular complexity index is 377. The molecule has 2 fully saturated rings. The van der Waals surface area contributed by atoms with E-state index in [9.17, 15) is 14.7 Å². The quantitative estimate of drug-likeness (QED) is 0.836. The zero-order valence-electron chi connectivity index (χ0n) is 12.5. The summed E-state index contributed by atoms with van der Waals surface area (Å²) in [5.74, 6) is -0.112. The van der Waals surface area contributed by atoms with Crippen molar-refractivity contribution in [2.24, 2.45) is 5.92 Å². The van der Waals surface area contributed by atoms with Gasteiger partial charge in [0, 0.05) is 12.6 Å². The van der Waals surface area contributed by atoms with Crippen LogP contribution in [0.1, 0.15) is 58.8 Å². The molecule has 2 N–H and O–H groups in total. The second kappa shape index (κ2) is 6.02. The number of hydrogen-bond donors (Lipinski definition) is 2. The van der Waals surface area contributed by atoms with E-state index in [-0.39, 0.29) is 12.1 Å². The average Bonchev–Trinajstić information content (AvgIpc) is 2.83. The highest BCUT2D eigenvalue weighted by atomic mass is 16.4. The molecular formula is C15H26N2O3. The molecule has 1 unspecified atom stereocenters. The Morgan fingerprint density at radius 1 is 1.30 bits per heavy atom. The van der Waals surface area contributed by atoms with Crippen LogP contribution in [0.15, 0.2) is 0 Å². The van der Waals surface area contributed by atoms with Gasteiger partial charge >= 0.3 is 12.0 Å². The van der Waals surface area contributed by atoms with Gasteiger partial charge in [0.05, 0.1) is 0 Å². The predicted molar refractivity (Wildman–Crippen MR) is 76.5 cm³/mol. The highest BCUT2D eigenvalue weighted by Gasteiger charge is 2.46. The maximum Gasteiger partial charge on any atom is 0.329 e. The number of urea groups is 1. The molecule has 1 saturated heterocycles. The molecule has 2 rings (SSSR count). The van der Waals surface area contributed by atoms with Gasteiger partial charge in [0.15, 0.2) is 0 Å². The minimum absolute atomic E-state index is 0.202. The van der Waals surface area contributed by atoms with E-state index in [4.69, 9.17) is 0 Å². The Hall–Kier alpha value is -1.26. The topological polar surface area (TPSA) is 69.6 Å². The summed E-state index contributed by atoms with van der Waals surface area (Å²) in [6.07, 6.45) is 6.88. The van der Waals surface area contributed by atoms with Crippen molar-refractivity contribution in [2.75, 3.05) is 6.54 Å². The third-order valence-electron chi connectivity index (χ3n) is 5.10. The van der Waals surface area contributed by atoms with Crippen molar-refractivity contribution in [3.05, 3.63) is 0 Å². The lowest BCUT2D eigenvalue weighted by Gasteiger charge is -2.34. The zero-order chi connectivity index (χ0) is 14.8. The van der Waals surface area contributed by atoms with Crippen molar-refractivity contribution in [1.82, 2.24) is 10.2 Å². The summed E-state index contributed by atoms with van der Waals surface area (Å²) in [6.45, 7) is 4.40. The van der Waals surface area contributed by atoms with Crippen molar-refractivity contribution in [1.29, 1.82) is 0 Å². The van der Waals surface area contributed by atoms with Crippen LogP contribution in [0.2, 0.25) is 0 Å². The van der Waals surface area contributed by atoms with Gasteiger partial charge in [0.25, 0.3) is 0 Å². The Kier molecular flexibility index (Phi) is 4.55. The summed E-state index contributed by atoms with van der Waals surface area (Å²) in [5.41, 5.74) is -1.04. The maximum atomic E-state index is 12.3. The third kappa shape index (κ3) is 2.91. The van der Waals surface area contributed by atoms with Gasteiger partial charge in [-0.3, -0.25) is 0 Å². The minimum Gasteiger partial charge on any atom is -0.480 e. The van der Waals surface area contributed by atoms with Gasteiger partial charge in [-0.2, -0.15) is 0 Å². The number of carboxylic acid groups (broad SMARTS) is 1. The Morgan fingerprint density at radius 2 is 1.95 bits per heavy atom. The van der Waals surface area contributed by atoms with Crippen molar-refractivity contribution < 1.29 is 14.7 Å². The fourth-order valence-corrected chi connectivity index (χ4v) is 3.48. The molecule has 0 spiro atoms. The molecule has 1 heterocycles. The van der Waals surface area contributed by atoms with Crippen LogP contribution in [-0.2, 0) is 4.79 Å². The standard InChI is InChI=1S/C15H26N2O3/c1-3-11-5-7-12(8-6-11)16-14(20)17-10-4-9-15(17,2)13(18)19/h11-12H,3-10H2,1-2H3,(H,16,20)(H,18,19). The van der Waals surface area contributed by atoms with E-state index < -0.39 is 11.5 Å². The Labute approximate surface area is 120 Å². The molecule has 0 aromatic heterocycles. The van der Waals surface area contributed by atoms with Gasteiger partial charge < -0.3 is 15.3 Å². The molecule has 1 aliphatic carbocycles. The number of nitrogens with zero attached hydrogens (tertiary/aromatic N) is 1. The largest absolute Gasteiger partial charge is 0.480 e. The van der Waals surface area contributed by atoms with Crippen LogP contribution in [-0.4, -0.2) is 40.1 Å². The summed E-state index contributed by atoms with van der Waals surface area (Å²) in [7, 11) is 0. The number of nitrogens with one attached hydrogen (secondary N) is 1. The second-order valence-corrected chi connectivity index (χ2v) is 6.41. The summed E-state index contributed by atoms with van der Waals surface area (Å²) >= 11 is 0. The van der Waals surface area contributed by atoms with Crippen LogP contribution >= 0.6 is 0 Å². The highest BCUT2D eigenvalue weighted by Crippen LogP contribution is 2.30. The van der Waals surface area contributed by atoms with Crippen LogP contribution in [0.3, 0.4) is 0 Å². The van der Waals surface area contributed by atoms with Gasteiger partial charge in [-0.15, -0.1) is 0 Å². The van der Waals surface area contributed by atoms with Crippen LogP contribution < -0.4 is 5.32 Å². The molecule has 0 aromatic carbocycles. The highest BCUT2D eigenvalue weighted by molar-refractivity contribution is 5.86. The first-order valence-electron chi connectivity index (χ1n) is 7.79. The van der Waals surface area contributed by atoms with Crippen molar-refractivity contribution >= 4 is 12.0 Å². The van der Waals surface area contributed by atoms with Gasteiger partial charge in [0.1, 0.15) is 5.54 Å². The van der Waals surface area contributed by atoms with Gasteiger partial charge in [-0.1, -0.05) is 13.3 Å². The molecule has 1 aliphatic heterocycles. The van der Waals surface area contributed by atoms with Crippen molar-refractivity contribution in [2.45, 2.75) is 70.4 Å². The van der Waals surface area contributed by atoms with Crippen LogP contribution in [0.25, 0.3) is 0 Å². The lowest BCUT2D eigenvalue weighted by Crippen LogP contribution is -2.56. The summed E-state index contributed by atoms with van der Waals surface area (Å²) in [6, 6.07) is 0.0105.